The lowest BCUT2D eigenvalue weighted by Crippen LogP contribution is -2.56. The second-order valence-corrected chi connectivity index (χ2v) is 14.0. The molecule has 0 aliphatic rings. The predicted octanol–water partition coefficient (Wildman–Crippen LogP) is 5.71. The van der Waals surface area contributed by atoms with E-state index in [9.17, 15) is 24.3 Å². The lowest BCUT2D eigenvalue weighted by molar-refractivity contribution is -0.159. The normalized spacial score (nSPS) is 13.6. The summed E-state index contributed by atoms with van der Waals surface area (Å²) in [6.45, 7) is 15.6. The van der Waals surface area contributed by atoms with Gasteiger partial charge >= 0.3 is 12.1 Å². The number of hydrogen-bond acceptors (Lipinski definition) is 7. The van der Waals surface area contributed by atoms with E-state index >= 15 is 0 Å². The Morgan fingerprint density at radius 3 is 2.04 bits per heavy atom. The zero-order chi connectivity index (χ0) is 35.4. The molecule has 10 heteroatoms. The summed E-state index contributed by atoms with van der Waals surface area (Å²) < 4.78 is 11.1. The number of esters is 1. The number of nitrogens with one attached hydrogen (secondary N) is 2. The summed E-state index contributed by atoms with van der Waals surface area (Å²) >= 11 is 0. The number of carbonyl (C=O) groups is 4. The summed E-state index contributed by atoms with van der Waals surface area (Å²) in [6.07, 6.45) is 2.59. The predicted molar refractivity (Wildman–Crippen MR) is 183 cm³/mol. The van der Waals surface area contributed by atoms with Crippen molar-refractivity contribution in [1.82, 2.24) is 15.5 Å². The summed E-state index contributed by atoms with van der Waals surface area (Å²) in [5.41, 5.74) is 1.40. The fraction of sp³-hybridized carbons (Fsp3) is 0.568. The van der Waals surface area contributed by atoms with Crippen molar-refractivity contribution in [3.63, 3.8) is 0 Å². The van der Waals surface area contributed by atoms with E-state index in [1.807, 2.05) is 62.4 Å². The van der Waals surface area contributed by atoms with Crippen LogP contribution in [0.3, 0.4) is 0 Å². The molecule has 0 bridgehead atoms. The standard InChI is InChI=1S/C37H55N3O7/c1-10-11-12-16-21-40(33(43)30(24-41)39-35(45)47-37(7,8)9)31(28-22-25(2)19-20-26(28)3)32(42)38-29(34(44)46-36(4,5)6)23-27-17-14-13-15-18-27/h13-15,17-20,22,29-31,41H,10-12,16,21,23-24H2,1-9H3,(H,38,42)(H,39,45). The highest BCUT2D eigenvalue weighted by Crippen LogP contribution is 2.28. The topological polar surface area (TPSA) is 134 Å². The van der Waals surface area contributed by atoms with Crippen molar-refractivity contribution < 1.29 is 33.8 Å². The monoisotopic (exact) mass is 653 g/mol. The van der Waals surface area contributed by atoms with Crippen LogP contribution >= 0.6 is 0 Å². The molecule has 0 fully saturated rings. The lowest BCUT2D eigenvalue weighted by atomic mass is 9.95. The molecule has 3 N–H and O–H groups in total. The molecule has 47 heavy (non-hydrogen) atoms. The molecule has 260 valence electrons. The highest BCUT2D eigenvalue weighted by molar-refractivity contribution is 5.94. The third kappa shape index (κ3) is 13.4. The van der Waals surface area contributed by atoms with Crippen LogP contribution in [0.4, 0.5) is 4.79 Å². The maximum absolute atomic E-state index is 14.5. The van der Waals surface area contributed by atoms with Crippen molar-refractivity contribution in [2.24, 2.45) is 0 Å². The fourth-order valence-corrected chi connectivity index (χ4v) is 5.08. The first-order valence-electron chi connectivity index (χ1n) is 16.5. The van der Waals surface area contributed by atoms with E-state index < -0.39 is 59.8 Å². The number of carbonyl (C=O) groups excluding carboxylic acids is 4. The van der Waals surface area contributed by atoms with Crippen molar-refractivity contribution >= 4 is 23.9 Å². The lowest BCUT2D eigenvalue weighted by Gasteiger charge is -2.36. The number of ether oxygens (including phenoxy) is 2. The van der Waals surface area contributed by atoms with E-state index in [2.05, 4.69) is 17.6 Å². The van der Waals surface area contributed by atoms with Crippen LogP contribution in [0.2, 0.25) is 0 Å². The van der Waals surface area contributed by atoms with Gasteiger partial charge in [-0.1, -0.05) is 80.3 Å². The highest BCUT2D eigenvalue weighted by atomic mass is 16.6. The SMILES string of the molecule is CCCCCCN(C(=O)C(CO)NC(=O)OC(C)(C)C)C(C(=O)NC(Cc1ccccc1)C(=O)OC(C)(C)C)c1cc(C)ccc1C. The van der Waals surface area contributed by atoms with Crippen LogP contribution in [0.5, 0.6) is 0 Å². The summed E-state index contributed by atoms with van der Waals surface area (Å²) in [5.74, 6) is -1.83. The molecule has 0 spiro atoms. The first-order valence-corrected chi connectivity index (χ1v) is 16.5. The Bertz CT molecular complexity index is 1330. The summed E-state index contributed by atoms with van der Waals surface area (Å²) in [7, 11) is 0. The van der Waals surface area contributed by atoms with Gasteiger partial charge in [0.05, 0.1) is 6.61 Å². The van der Waals surface area contributed by atoms with Gasteiger partial charge in [0.1, 0.15) is 29.3 Å². The van der Waals surface area contributed by atoms with Gasteiger partial charge in [-0.15, -0.1) is 0 Å². The highest BCUT2D eigenvalue weighted by Gasteiger charge is 2.38. The van der Waals surface area contributed by atoms with Gasteiger partial charge in [0.2, 0.25) is 11.8 Å². The molecule has 3 amide bonds. The van der Waals surface area contributed by atoms with Crippen LogP contribution in [0, 0.1) is 13.8 Å². The first kappa shape index (κ1) is 39.3. The van der Waals surface area contributed by atoms with E-state index in [0.29, 0.717) is 12.0 Å². The molecular formula is C37H55N3O7. The number of nitrogens with zero attached hydrogens (tertiary/aromatic N) is 1. The van der Waals surface area contributed by atoms with E-state index in [-0.39, 0.29) is 13.0 Å². The zero-order valence-electron chi connectivity index (χ0n) is 29.6. The minimum absolute atomic E-state index is 0.172. The molecule has 0 saturated carbocycles. The molecule has 0 aliphatic carbocycles. The van der Waals surface area contributed by atoms with Gasteiger partial charge in [0.15, 0.2) is 0 Å². The van der Waals surface area contributed by atoms with E-state index in [0.717, 1.165) is 36.0 Å². The van der Waals surface area contributed by atoms with Gasteiger partial charge in [-0.3, -0.25) is 9.59 Å². The quantitative estimate of drug-likeness (QED) is 0.166. The van der Waals surface area contributed by atoms with E-state index in [4.69, 9.17) is 9.47 Å². The molecule has 3 unspecified atom stereocenters. The molecule has 2 aromatic carbocycles. The van der Waals surface area contributed by atoms with Gasteiger partial charge in [0, 0.05) is 13.0 Å². The molecular weight excluding hydrogens is 598 g/mol. The molecule has 3 atom stereocenters. The van der Waals surface area contributed by atoms with Gasteiger partial charge in [-0.25, -0.2) is 9.59 Å². The Balaban J connectivity index is 2.63. The maximum atomic E-state index is 14.5. The average molecular weight is 654 g/mol. The van der Waals surface area contributed by atoms with Crippen molar-refractivity contribution in [1.29, 1.82) is 0 Å². The fourth-order valence-electron chi connectivity index (χ4n) is 5.08. The van der Waals surface area contributed by atoms with Gasteiger partial charge < -0.3 is 30.1 Å². The minimum Gasteiger partial charge on any atom is -0.458 e. The number of alkyl carbamates (subject to hydrolysis) is 1. The molecule has 0 aromatic heterocycles. The number of rotatable bonds is 15. The van der Waals surface area contributed by atoms with Crippen molar-refractivity contribution in [2.45, 2.75) is 124 Å². The molecule has 0 radical (unpaired) electrons. The van der Waals surface area contributed by atoms with Crippen LogP contribution in [0.15, 0.2) is 48.5 Å². The van der Waals surface area contributed by atoms with Gasteiger partial charge in [-0.05, 0) is 78.5 Å². The minimum atomic E-state index is -1.37. The molecule has 2 aromatic rings. The summed E-state index contributed by atoms with van der Waals surface area (Å²) in [5, 5.41) is 15.7. The number of aryl methyl sites for hydroxylation is 2. The van der Waals surface area contributed by atoms with Crippen molar-refractivity contribution in [3.05, 3.63) is 70.8 Å². The number of amides is 3. The van der Waals surface area contributed by atoms with Crippen LogP contribution in [-0.2, 0) is 30.3 Å². The van der Waals surface area contributed by atoms with Crippen LogP contribution < -0.4 is 10.6 Å². The number of aliphatic hydroxyl groups excluding tert-OH is 1. The Labute approximate surface area is 280 Å². The maximum Gasteiger partial charge on any atom is 0.408 e. The van der Waals surface area contributed by atoms with Crippen LogP contribution in [0.1, 0.15) is 102 Å². The summed E-state index contributed by atoms with van der Waals surface area (Å²) in [4.78, 5) is 56.4. The second-order valence-electron chi connectivity index (χ2n) is 14.0. The Kier molecular flexibility index (Phi) is 14.9. The Hall–Kier alpha value is -3.92. The smallest absolute Gasteiger partial charge is 0.408 e. The Morgan fingerprint density at radius 1 is 0.830 bits per heavy atom. The summed E-state index contributed by atoms with van der Waals surface area (Å²) in [6, 6.07) is 11.3. The van der Waals surface area contributed by atoms with E-state index in [1.165, 1.54) is 4.90 Å². The van der Waals surface area contributed by atoms with Gasteiger partial charge in [0.25, 0.3) is 0 Å². The third-order valence-electron chi connectivity index (χ3n) is 7.29. The largest absolute Gasteiger partial charge is 0.458 e. The molecule has 0 aliphatic heterocycles. The number of unbranched alkanes of at least 4 members (excludes halogenated alkanes) is 3. The van der Waals surface area contributed by atoms with Crippen molar-refractivity contribution in [3.8, 4) is 0 Å². The van der Waals surface area contributed by atoms with Crippen molar-refractivity contribution in [2.75, 3.05) is 13.2 Å². The first-order chi connectivity index (χ1) is 22.0. The average Bonchev–Trinajstić information content (AvgIpc) is 2.97. The molecule has 2 rings (SSSR count). The third-order valence-corrected chi connectivity index (χ3v) is 7.29. The Morgan fingerprint density at radius 2 is 1.47 bits per heavy atom. The van der Waals surface area contributed by atoms with Crippen LogP contribution in [0.25, 0.3) is 0 Å². The number of hydrogen-bond donors (Lipinski definition) is 3. The molecule has 0 heterocycles. The second kappa shape index (κ2) is 17.8. The number of aliphatic hydroxyl groups is 1. The van der Waals surface area contributed by atoms with Crippen LogP contribution in [-0.4, -0.2) is 70.3 Å². The zero-order valence-corrected chi connectivity index (χ0v) is 29.6. The molecule has 0 saturated heterocycles. The van der Waals surface area contributed by atoms with Gasteiger partial charge in [-0.2, -0.15) is 0 Å². The molecule has 10 nitrogen and oxygen atoms in total. The number of benzene rings is 2. The van der Waals surface area contributed by atoms with E-state index in [1.54, 1.807) is 41.5 Å².